The van der Waals surface area contributed by atoms with E-state index in [1.165, 1.54) is 0 Å². The lowest BCUT2D eigenvalue weighted by Crippen LogP contribution is -2.52. The molecule has 2 atom stereocenters. The lowest BCUT2D eigenvalue weighted by molar-refractivity contribution is -0.116. The molecule has 1 aromatic rings. The molecule has 0 spiro atoms. The molecule has 0 radical (unpaired) electrons. The highest BCUT2D eigenvalue weighted by molar-refractivity contribution is 5.94. The summed E-state index contributed by atoms with van der Waals surface area (Å²) in [5.41, 5.74) is 1.48. The number of likely N-dealkylation sites (tertiary alicyclic amines) is 1. The van der Waals surface area contributed by atoms with Gasteiger partial charge < -0.3 is 25.6 Å². The van der Waals surface area contributed by atoms with Crippen molar-refractivity contribution in [3.63, 3.8) is 0 Å². The number of carbonyl (C=O) groups is 2. The second-order valence-electron chi connectivity index (χ2n) is 9.46. The van der Waals surface area contributed by atoms with E-state index in [0.29, 0.717) is 32.0 Å². The van der Waals surface area contributed by atoms with E-state index in [1.807, 2.05) is 50.8 Å². The van der Waals surface area contributed by atoms with E-state index in [2.05, 4.69) is 22.0 Å². The van der Waals surface area contributed by atoms with Crippen LogP contribution in [-0.4, -0.2) is 60.7 Å². The van der Waals surface area contributed by atoms with Crippen LogP contribution in [0.1, 0.15) is 64.9 Å². The van der Waals surface area contributed by atoms with Crippen LogP contribution in [0.15, 0.2) is 29.3 Å². The van der Waals surface area contributed by atoms with Crippen molar-refractivity contribution in [2.45, 2.75) is 70.9 Å². The second kappa shape index (κ2) is 10.7. The molecule has 2 amide bonds. The number of fused-ring (bicyclic) bond motifs is 1. The van der Waals surface area contributed by atoms with Crippen molar-refractivity contribution in [2.75, 3.05) is 31.5 Å². The zero-order valence-electron chi connectivity index (χ0n) is 19.7. The number of amides is 2. The second-order valence-corrected chi connectivity index (χ2v) is 9.46. The van der Waals surface area contributed by atoms with Gasteiger partial charge in [-0.2, -0.15) is 0 Å². The molecular formula is C24H37N5O3. The van der Waals surface area contributed by atoms with Gasteiger partial charge in [0.1, 0.15) is 5.60 Å². The van der Waals surface area contributed by atoms with E-state index in [1.54, 1.807) is 0 Å². The predicted octanol–water partition coefficient (Wildman–Crippen LogP) is 3.46. The first-order chi connectivity index (χ1) is 15.3. The van der Waals surface area contributed by atoms with E-state index in [-0.39, 0.29) is 24.0 Å². The topological polar surface area (TPSA) is 95.1 Å². The third-order valence-corrected chi connectivity index (χ3v) is 5.68. The van der Waals surface area contributed by atoms with Gasteiger partial charge in [-0.3, -0.25) is 9.79 Å². The summed E-state index contributed by atoms with van der Waals surface area (Å²) in [5, 5.41) is 9.62. The Morgan fingerprint density at radius 2 is 2.03 bits per heavy atom. The Balaban J connectivity index is 1.64. The number of nitrogens with one attached hydrogen (secondary N) is 3. The van der Waals surface area contributed by atoms with Crippen molar-refractivity contribution in [3.05, 3.63) is 29.8 Å². The van der Waals surface area contributed by atoms with Gasteiger partial charge in [0.25, 0.3) is 0 Å². The van der Waals surface area contributed by atoms with Crippen molar-refractivity contribution in [3.8, 4) is 0 Å². The van der Waals surface area contributed by atoms with E-state index < -0.39 is 5.60 Å². The summed E-state index contributed by atoms with van der Waals surface area (Å²) in [6.07, 6.45) is 3.19. The first-order valence-corrected chi connectivity index (χ1v) is 11.7. The number of carbonyl (C=O) groups excluding carboxylic acids is 2. The Hall–Kier alpha value is -2.77. The maximum Gasteiger partial charge on any atom is 0.410 e. The number of guanidine groups is 1. The first-order valence-electron chi connectivity index (χ1n) is 11.7. The van der Waals surface area contributed by atoms with Gasteiger partial charge in [-0.25, -0.2) is 4.79 Å². The number of hydrogen-bond acceptors (Lipinski definition) is 4. The van der Waals surface area contributed by atoms with Gasteiger partial charge in [-0.05, 0) is 58.6 Å². The van der Waals surface area contributed by atoms with E-state index in [9.17, 15) is 9.59 Å². The summed E-state index contributed by atoms with van der Waals surface area (Å²) >= 11 is 0. The third kappa shape index (κ3) is 6.61. The van der Waals surface area contributed by atoms with Gasteiger partial charge in [0.15, 0.2) is 5.96 Å². The molecule has 2 heterocycles. The summed E-state index contributed by atoms with van der Waals surface area (Å²) < 4.78 is 5.61. The highest BCUT2D eigenvalue weighted by atomic mass is 16.6. The number of para-hydroxylation sites is 1. The fourth-order valence-electron chi connectivity index (χ4n) is 4.20. The van der Waals surface area contributed by atoms with Gasteiger partial charge in [-0.1, -0.05) is 18.2 Å². The molecule has 2 aliphatic heterocycles. The van der Waals surface area contributed by atoms with Gasteiger partial charge in [0.05, 0.1) is 12.6 Å². The number of piperidine rings is 1. The van der Waals surface area contributed by atoms with Gasteiger partial charge in [0.2, 0.25) is 5.91 Å². The molecule has 1 aromatic carbocycles. The average molecular weight is 444 g/mol. The number of ether oxygens (including phenoxy) is 1. The molecule has 8 nitrogen and oxygen atoms in total. The number of benzene rings is 1. The molecule has 2 aliphatic rings. The Morgan fingerprint density at radius 1 is 1.25 bits per heavy atom. The van der Waals surface area contributed by atoms with Crippen LogP contribution in [0, 0.1) is 0 Å². The van der Waals surface area contributed by atoms with Crippen LogP contribution in [0.25, 0.3) is 0 Å². The minimum Gasteiger partial charge on any atom is -0.444 e. The number of nitrogens with zero attached hydrogens (tertiary/aromatic N) is 2. The van der Waals surface area contributed by atoms with Crippen LogP contribution in [0.5, 0.6) is 0 Å². The monoisotopic (exact) mass is 443 g/mol. The first kappa shape index (κ1) is 23.9. The van der Waals surface area contributed by atoms with Gasteiger partial charge in [0, 0.05) is 37.7 Å². The molecule has 1 saturated heterocycles. The van der Waals surface area contributed by atoms with Crippen LogP contribution in [0.4, 0.5) is 10.5 Å². The molecule has 176 valence electrons. The molecule has 8 heteroatoms. The Kier molecular flexibility index (Phi) is 7.99. The van der Waals surface area contributed by atoms with E-state index >= 15 is 0 Å². The van der Waals surface area contributed by atoms with Gasteiger partial charge >= 0.3 is 6.09 Å². The van der Waals surface area contributed by atoms with Crippen LogP contribution in [0.3, 0.4) is 0 Å². The fourth-order valence-corrected chi connectivity index (χ4v) is 4.20. The lowest BCUT2D eigenvalue weighted by atomic mass is 9.91. The number of hydrogen-bond donors (Lipinski definition) is 3. The van der Waals surface area contributed by atoms with Crippen molar-refractivity contribution in [1.82, 2.24) is 15.5 Å². The molecule has 1 fully saturated rings. The normalized spacial score (nSPS) is 21.4. The predicted molar refractivity (Wildman–Crippen MR) is 127 cm³/mol. The molecule has 0 saturated carbocycles. The summed E-state index contributed by atoms with van der Waals surface area (Å²) in [5.74, 6) is 0.770. The van der Waals surface area contributed by atoms with Crippen molar-refractivity contribution < 1.29 is 14.3 Å². The minimum atomic E-state index is -0.508. The molecule has 0 bridgehead atoms. The van der Waals surface area contributed by atoms with E-state index in [4.69, 9.17) is 9.73 Å². The minimum absolute atomic E-state index is 0.0251. The Bertz CT molecular complexity index is 833. The summed E-state index contributed by atoms with van der Waals surface area (Å²) in [4.78, 5) is 31.4. The number of anilines is 1. The lowest BCUT2D eigenvalue weighted by Gasteiger charge is -2.37. The van der Waals surface area contributed by atoms with Crippen molar-refractivity contribution in [2.24, 2.45) is 4.99 Å². The standard InChI is InChI=1S/C24H37N5O3/c1-5-25-22(26-15-17-14-21(30)28-20-12-7-6-11-19(17)20)27-16-18-10-8-9-13-29(18)23(31)32-24(2,3)4/h6-7,11-12,17-18H,5,8-10,13-16H2,1-4H3,(H,28,30)(H2,25,26,27). The summed E-state index contributed by atoms with van der Waals surface area (Å²) in [6, 6.07) is 7.96. The zero-order valence-corrected chi connectivity index (χ0v) is 19.7. The van der Waals surface area contributed by atoms with Gasteiger partial charge in [-0.15, -0.1) is 0 Å². The van der Waals surface area contributed by atoms with Crippen LogP contribution >= 0.6 is 0 Å². The summed E-state index contributed by atoms with van der Waals surface area (Å²) in [7, 11) is 0. The highest BCUT2D eigenvalue weighted by Gasteiger charge is 2.30. The maximum absolute atomic E-state index is 12.7. The van der Waals surface area contributed by atoms with Crippen LogP contribution in [-0.2, 0) is 9.53 Å². The van der Waals surface area contributed by atoms with Crippen LogP contribution < -0.4 is 16.0 Å². The molecule has 0 aliphatic carbocycles. The molecule has 32 heavy (non-hydrogen) atoms. The van der Waals surface area contributed by atoms with Crippen LogP contribution in [0.2, 0.25) is 0 Å². The third-order valence-electron chi connectivity index (χ3n) is 5.68. The fraction of sp³-hybridized carbons (Fsp3) is 0.625. The Morgan fingerprint density at radius 3 is 2.78 bits per heavy atom. The Labute approximate surface area is 191 Å². The largest absolute Gasteiger partial charge is 0.444 e. The molecule has 3 rings (SSSR count). The molecule has 0 aromatic heterocycles. The van der Waals surface area contributed by atoms with E-state index in [0.717, 1.165) is 37.1 Å². The molecular weight excluding hydrogens is 406 g/mol. The molecule has 3 N–H and O–H groups in total. The SMILES string of the molecule is CCNC(=NCC1CC(=O)Nc2ccccc21)NCC1CCCCN1C(=O)OC(C)(C)C. The number of rotatable bonds is 5. The van der Waals surface area contributed by atoms with Crippen molar-refractivity contribution >= 4 is 23.6 Å². The van der Waals surface area contributed by atoms with Crippen molar-refractivity contribution in [1.29, 1.82) is 0 Å². The highest BCUT2D eigenvalue weighted by Crippen LogP contribution is 2.32. The quantitative estimate of drug-likeness (QED) is 0.479. The molecule has 2 unspecified atom stereocenters. The summed E-state index contributed by atoms with van der Waals surface area (Å²) in [6.45, 7) is 10.3. The number of aliphatic imine (C=N–C) groups is 1. The zero-order chi connectivity index (χ0) is 23.1. The maximum atomic E-state index is 12.7. The average Bonchev–Trinajstić information content (AvgIpc) is 2.74. The smallest absolute Gasteiger partial charge is 0.410 e.